The second-order valence-corrected chi connectivity index (χ2v) is 8.25. The molecule has 10 heteroatoms. The molecule has 0 bridgehead atoms. The van der Waals surface area contributed by atoms with Crippen molar-refractivity contribution >= 4 is 17.6 Å². The Morgan fingerprint density at radius 3 is 2.65 bits per heavy atom. The van der Waals surface area contributed by atoms with Crippen molar-refractivity contribution in [2.45, 2.75) is 51.1 Å². The standard InChI is InChI=1S/C21H24F3N5O2/c1-3-11(2)16-17-13(4-7-25-18(17)26-19(16)30)12-5-8-29(9-6-12)20(31)14-10-15(28-27-14)21(22,23)24/h4,7,10-12,16H,3,5-6,8-9H2,1-2H3,(H,27,28)(H,25,26,30). The number of likely N-dealkylation sites (tertiary alicyclic amines) is 1. The molecule has 2 atom stereocenters. The maximum atomic E-state index is 12.8. The van der Waals surface area contributed by atoms with E-state index in [0.717, 1.165) is 23.6 Å². The summed E-state index contributed by atoms with van der Waals surface area (Å²) in [5, 5.41) is 8.31. The monoisotopic (exact) mass is 435 g/mol. The molecule has 1 saturated heterocycles. The topological polar surface area (TPSA) is 91.0 Å². The van der Waals surface area contributed by atoms with Gasteiger partial charge in [0.1, 0.15) is 11.5 Å². The zero-order valence-electron chi connectivity index (χ0n) is 17.3. The van der Waals surface area contributed by atoms with E-state index >= 15 is 0 Å². The van der Waals surface area contributed by atoms with Crippen LogP contribution >= 0.6 is 0 Å². The van der Waals surface area contributed by atoms with Crippen molar-refractivity contribution in [2.24, 2.45) is 5.92 Å². The van der Waals surface area contributed by atoms with E-state index in [9.17, 15) is 22.8 Å². The van der Waals surface area contributed by atoms with Crippen LogP contribution in [-0.2, 0) is 11.0 Å². The molecule has 0 saturated carbocycles. The number of aromatic nitrogens is 3. The van der Waals surface area contributed by atoms with Gasteiger partial charge in [0.05, 0.1) is 5.92 Å². The molecule has 4 rings (SSSR count). The van der Waals surface area contributed by atoms with E-state index in [2.05, 4.69) is 29.2 Å². The van der Waals surface area contributed by atoms with Gasteiger partial charge in [0, 0.05) is 30.9 Å². The van der Waals surface area contributed by atoms with E-state index in [1.54, 1.807) is 6.20 Å². The first-order valence-electron chi connectivity index (χ1n) is 10.4. The van der Waals surface area contributed by atoms with Gasteiger partial charge in [-0.25, -0.2) is 4.98 Å². The van der Waals surface area contributed by atoms with Crippen LogP contribution in [0.3, 0.4) is 0 Å². The summed E-state index contributed by atoms with van der Waals surface area (Å²) in [4.78, 5) is 31.0. The Morgan fingerprint density at radius 1 is 1.32 bits per heavy atom. The average Bonchev–Trinajstić information content (AvgIpc) is 3.37. The summed E-state index contributed by atoms with van der Waals surface area (Å²) in [7, 11) is 0. The molecule has 2 unspecified atom stereocenters. The van der Waals surface area contributed by atoms with Crippen LogP contribution in [0.1, 0.15) is 72.3 Å². The normalized spacial score (nSPS) is 20.5. The van der Waals surface area contributed by atoms with Crippen LogP contribution in [-0.4, -0.2) is 45.0 Å². The fourth-order valence-corrected chi connectivity index (χ4v) is 4.51. The molecule has 166 valence electrons. The molecule has 1 fully saturated rings. The van der Waals surface area contributed by atoms with Crippen LogP contribution in [0, 0.1) is 5.92 Å². The Balaban J connectivity index is 1.49. The average molecular weight is 435 g/mol. The molecule has 2 aromatic heterocycles. The Kier molecular flexibility index (Phi) is 5.49. The predicted molar refractivity (Wildman–Crippen MR) is 107 cm³/mol. The zero-order chi connectivity index (χ0) is 22.3. The van der Waals surface area contributed by atoms with Gasteiger partial charge in [0.2, 0.25) is 5.91 Å². The number of hydrogen-bond acceptors (Lipinski definition) is 4. The highest BCUT2D eigenvalue weighted by Gasteiger charge is 2.39. The van der Waals surface area contributed by atoms with Crippen molar-refractivity contribution in [1.29, 1.82) is 0 Å². The minimum absolute atomic E-state index is 0.0316. The molecule has 2 aliphatic heterocycles. The number of piperidine rings is 1. The van der Waals surface area contributed by atoms with E-state index in [1.807, 2.05) is 11.2 Å². The third-order valence-electron chi connectivity index (χ3n) is 6.40. The number of carbonyl (C=O) groups excluding carboxylic acids is 2. The van der Waals surface area contributed by atoms with E-state index in [0.29, 0.717) is 31.7 Å². The van der Waals surface area contributed by atoms with Crippen LogP contribution in [0.4, 0.5) is 19.0 Å². The zero-order valence-corrected chi connectivity index (χ0v) is 17.3. The summed E-state index contributed by atoms with van der Waals surface area (Å²) in [5.41, 5.74) is 0.752. The highest BCUT2D eigenvalue weighted by molar-refractivity contribution is 6.02. The molecule has 2 aliphatic rings. The predicted octanol–water partition coefficient (Wildman–Crippen LogP) is 3.93. The largest absolute Gasteiger partial charge is 0.432 e. The Hall–Kier alpha value is -2.91. The number of hydrogen-bond donors (Lipinski definition) is 2. The van der Waals surface area contributed by atoms with E-state index in [-0.39, 0.29) is 29.4 Å². The minimum atomic E-state index is -4.57. The molecule has 2 aromatic rings. The van der Waals surface area contributed by atoms with Crippen LogP contribution < -0.4 is 5.32 Å². The lowest BCUT2D eigenvalue weighted by Gasteiger charge is -2.33. The molecule has 4 heterocycles. The summed E-state index contributed by atoms with van der Waals surface area (Å²) in [6.07, 6.45) is -0.714. The number of H-pyrrole nitrogens is 1. The van der Waals surface area contributed by atoms with Crippen LogP contribution in [0.5, 0.6) is 0 Å². The molecule has 0 radical (unpaired) electrons. The number of carbonyl (C=O) groups is 2. The summed E-state index contributed by atoms with van der Waals surface area (Å²) in [5.74, 6) is 0.143. The number of pyridine rings is 1. The number of aromatic amines is 1. The first-order chi connectivity index (χ1) is 14.7. The second kappa shape index (κ2) is 7.97. The van der Waals surface area contributed by atoms with Gasteiger partial charge in [-0.1, -0.05) is 20.3 Å². The summed E-state index contributed by atoms with van der Waals surface area (Å²) >= 11 is 0. The van der Waals surface area contributed by atoms with E-state index in [1.165, 1.54) is 4.90 Å². The lowest BCUT2D eigenvalue weighted by atomic mass is 9.79. The Bertz CT molecular complexity index is 995. The minimum Gasteiger partial charge on any atom is -0.337 e. The highest BCUT2D eigenvalue weighted by Crippen LogP contribution is 2.43. The number of amides is 2. The number of nitrogens with one attached hydrogen (secondary N) is 2. The molecule has 7 nitrogen and oxygen atoms in total. The Labute approximate surface area is 177 Å². The van der Waals surface area contributed by atoms with Gasteiger partial charge in [-0.05, 0) is 36.3 Å². The number of nitrogens with zero attached hydrogens (tertiary/aromatic N) is 3. The van der Waals surface area contributed by atoms with Crippen molar-refractivity contribution in [3.63, 3.8) is 0 Å². The van der Waals surface area contributed by atoms with Gasteiger partial charge < -0.3 is 10.2 Å². The maximum Gasteiger partial charge on any atom is 0.432 e. The van der Waals surface area contributed by atoms with Crippen molar-refractivity contribution in [2.75, 3.05) is 18.4 Å². The van der Waals surface area contributed by atoms with Gasteiger partial charge in [-0.15, -0.1) is 0 Å². The second-order valence-electron chi connectivity index (χ2n) is 8.25. The molecule has 0 spiro atoms. The third kappa shape index (κ3) is 3.90. The van der Waals surface area contributed by atoms with Gasteiger partial charge >= 0.3 is 6.18 Å². The number of fused-ring (bicyclic) bond motifs is 1. The summed E-state index contributed by atoms with van der Waals surface area (Å²) < 4.78 is 38.3. The molecule has 0 aliphatic carbocycles. The van der Waals surface area contributed by atoms with Crippen LogP contribution in [0.25, 0.3) is 0 Å². The number of anilines is 1. The summed E-state index contributed by atoms with van der Waals surface area (Å²) in [6.45, 7) is 4.92. The lowest BCUT2D eigenvalue weighted by Crippen LogP contribution is -2.38. The molecular weight excluding hydrogens is 411 g/mol. The van der Waals surface area contributed by atoms with Crippen molar-refractivity contribution in [3.05, 3.63) is 40.8 Å². The maximum absolute atomic E-state index is 12.8. The fraction of sp³-hybridized carbons (Fsp3) is 0.524. The first-order valence-corrected chi connectivity index (χ1v) is 10.4. The number of alkyl halides is 3. The quantitative estimate of drug-likeness (QED) is 0.762. The van der Waals surface area contributed by atoms with Gasteiger partial charge in [-0.2, -0.15) is 18.3 Å². The highest BCUT2D eigenvalue weighted by atomic mass is 19.4. The molecule has 2 amide bonds. The van der Waals surface area contributed by atoms with Gasteiger partial charge in [0.25, 0.3) is 5.91 Å². The lowest BCUT2D eigenvalue weighted by molar-refractivity contribution is -0.141. The number of rotatable bonds is 4. The molecule has 0 aromatic carbocycles. The molecular formula is C21H24F3N5O2. The van der Waals surface area contributed by atoms with E-state index in [4.69, 9.17) is 0 Å². The third-order valence-corrected chi connectivity index (χ3v) is 6.40. The van der Waals surface area contributed by atoms with Crippen molar-refractivity contribution in [1.82, 2.24) is 20.1 Å². The Morgan fingerprint density at radius 2 is 2.03 bits per heavy atom. The van der Waals surface area contributed by atoms with Gasteiger partial charge in [0.15, 0.2) is 5.69 Å². The van der Waals surface area contributed by atoms with Crippen LogP contribution in [0.2, 0.25) is 0 Å². The van der Waals surface area contributed by atoms with Crippen LogP contribution in [0.15, 0.2) is 18.3 Å². The van der Waals surface area contributed by atoms with Crippen molar-refractivity contribution < 1.29 is 22.8 Å². The van der Waals surface area contributed by atoms with Crippen molar-refractivity contribution in [3.8, 4) is 0 Å². The van der Waals surface area contributed by atoms with Gasteiger partial charge in [-0.3, -0.25) is 14.7 Å². The molecule has 31 heavy (non-hydrogen) atoms. The van der Waals surface area contributed by atoms with E-state index < -0.39 is 17.8 Å². The first kappa shape index (κ1) is 21.3. The summed E-state index contributed by atoms with van der Waals surface area (Å²) in [6, 6.07) is 2.69. The SMILES string of the molecule is CCC(C)C1C(=O)Nc2nccc(C3CCN(C(=O)c4cc(C(F)(F)F)[nH]n4)CC3)c21. The fourth-order valence-electron chi connectivity index (χ4n) is 4.51. The smallest absolute Gasteiger partial charge is 0.337 e. The number of halogens is 3. The molecule has 2 N–H and O–H groups in total.